The average Bonchev–Trinajstić information content (AvgIpc) is 2.49. The van der Waals surface area contributed by atoms with Gasteiger partial charge in [0.2, 0.25) is 0 Å². The molecule has 2 atom stereocenters. The number of rotatable bonds is 10. The summed E-state index contributed by atoms with van der Waals surface area (Å²) in [5, 5.41) is 18.1. The summed E-state index contributed by atoms with van der Waals surface area (Å²) in [7, 11) is -5.15. The summed E-state index contributed by atoms with van der Waals surface area (Å²) in [6.07, 6.45) is -0.549. The van der Waals surface area contributed by atoms with Gasteiger partial charge in [-0.25, -0.2) is 8.98 Å². The summed E-state index contributed by atoms with van der Waals surface area (Å²) in [5.74, 6) is -1.62. The topological polar surface area (TPSA) is 119 Å². The smallest absolute Gasteiger partial charge is 0.467 e. The molecule has 0 saturated carbocycles. The Hall–Kier alpha value is -0.950. The molecule has 28 heavy (non-hydrogen) atoms. The highest BCUT2D eigenvalue weighted by molar-refractivity contribution is 7.87. The summed E-state index contributed by atoms with van der Waals surface area (Å²) in [5.41, 5.74) is -5.67. The standard InChI is InChI=1S/C10H22O2.C6H9F3O6S/c1-9(2)7-5-6-8-12-10(3,4)11;1-3(10)4(5(11)14-2)15-16(12,13)6(7,8)9/h9,11H,5-8H2,1-4H3;3-4,10H,1-2H3. The van der Waals surface area contributed by atoms with Crippen molar-refractivity contribution >= 4 is 16.1 Å². The number of ether oxygens (including phenoxy) is 2. The lowest BCUT2D eigenvalue weighted by Crippen LogP contribution is -2.40. The van der Waals surface area contributed by atoms with Crippen LogP contribution in [0.25, 0.3) is 0 Å². The van der Waals surface area contributed by atoms with E-state index in [0.717, 1.165) is 26.4 Å². The number of esters is 1. The number of halogens is 3. The van der Waals surface area contributed by atoms with Gasteiger partial charge in [-0.1, -0.05) is 26.7 Å². The third-order valence-electron chi connectivity index (χ3n) is 3.02. The zero-order valence-electron chi connectivity index (χ0n) is 16.9. The van der Waals surface area contributed by atoms with E-state index in [0.29, 0.717) is 6.61 Å². The molecule has 0 aliphatic carbocycles. The van der Waals surface area contributed by atoms with E-state index < -0.39 is 39.6 Å². The molecule has 0 aliphatic rings. The maximum Gasteiger partial charge on any atom is 0.523 e. The van der Waals surface area contributed by atoms with Crippen molar-refractivity contribution in [3.63, 3.8) is 0 Å². The Bertz CT molecular complexity index is 539. The van der Waals surface area contributed by atoms with E-state index in [2.05, 4.69) is 22.8 Å². The second-order valence-corrected chi connectivity index (χ2v) is 8.43. The predicted molar refractivity (Wildman–Crippen MR) is 94.5 cm³/mol. The van der Waals surface area contributed by atoms with Crippen LogP contribution in [0.15, 0.2) is 0 Å². The van der Waals surface area contributed by atoms with Gasteiger partial charge in [0.1, 0.15) is 0 Å². The highest BCUT2D eigenvalue weighted by Crippen LogP contribution is 2.26. The van der Waals surface area contributed by atoms with Crippen molar-refractivity contribution in [2.24, 2.45) is 5.92 Å². The molecule has 0 aliphatic heterocycles. The number of unbranched alkanes of at least 4 members (excludes halogenated alkanes) is 1. The summed E-state index contributed by atoms with van der Waals surface area (Å²) in [6, 6.07) is 0. The molecule has 2 N–H and O–H groups in total. The minimum atomic E-state index is -5.96. The van der Waals surface area contributed by atoms with Crippen molar-refractivity contribution in [1.82, 2.24) is 0 Å². The fraction of sp³-hybridized carbons (Fsp3) is 0.938. The van der Waals surface area contributed by atoms with Crippen LogP contribution in [0, 0.1) is 5.92 Å². The van der Waals surface area contributed by atoms with Crippen LogP contribution in [0.4, 0.5) is 13.2 Å². The van der Waals surface area contributed by atoms with E-state index in [9.17, 15) is 31.5 Å². The van der Waals surface area contributed by atoms with Gasteiger partial charge in [0.25, 0.3) is 0 Å². The van der Waals surface area contributed by atoms with Crippen molar-refractivity contribution in [2.45, 2.75) is 77.4 Å². The summed E-state index contributed by atoms with van der Waals surface area (Å²) in [6.45, 7) is 9.31. The number of carbonyl (C=O) groups is 1. The normalized spacial score (nSPS) is 14.9. The van der Waals surface area contributed by atoms with E-state index in [4.69, 9.17) is 9.84 Å². The van der Waals surface area contributed by atoms with Gasteiger partial charge in [-0.15, -0.1) is 0 Å². The fourth-order valence-electron chi connectivity index (χ4n) is 1.60. The first kappa shape index (κ1) is 29.3. The quantitative estimate of drug-likeness (QED) is 0.175. The zero-order valence-corrected chi connectivity index (χ0v) is 17.8. The minimum Gasteiger partial charge on any atom is -0.467 e. The number of alkyl halides is 3. The molecular formula is C16H31F3O8S. The zero-order chi connectivity index (χ0) is 22.8. The molecule has 0 aromatic carbocycles. The maximum absolute atomic E-state index is 11.9. The lowest BCUT2D eigenvalue weighted by Gasteiger charge is -2.18. The molecular weight excluding hydrogens is 409 g/mol. The van der Waals surface area contributed by atoms with Crippen LogP contribution in [0.1, 0.15) is 53.9 Å². The molecule has 0 heterocycles. The van der Waals surface area contributed by atoms with Gasteiger partial charge >= 0.3 is 21.6 Å². The van der Waals surface area contributed by atoms with Crippen molar-refractivity contribution in [3.05, 3.63) is 0 Å². The molecule has 0 radical (unpaired) electrons. The minimum absolute atomic E-state index is 0.663. The van der Waals surface area contributed by atoms with Gasteiger partial charge in [-0.2, -0.15) is 21.6 Å². The molecule has 8 nitrogen and oxygen atoms in total. The van der Waals surface area contributed by atoms with E-state index in [1.54, 1.807) is 13.8 Å². The first-order valence-electron chi connectivity index (χ1n) is 8.56. The Morgan fingerprint density at radius 3 is 1.93 bits per heavy atom. The van der Waals surface area contributed by atoms with Crippen LogP contribution in [0.3, 0.4) is 0 Å². The predicted octanol–water partition coefficient (Wildman–Crippen LogP) is 2.33. The summed E-state index contributed by atoms with van der Waals surface area (Å²) >= 11 is 0. The highest BCUT2D eigenvalue weighted by Gasteiger charge is 2.50. The second-order valence-electron chi connectivity index (χ2n) is 6.87. The molecule has 0 amide bonds. The van der Waals surface area contributed by atoms with Gasteiger partial charge in [0, 0.05) is 6.61 Å². The molecule has 0 spiro atoms. The molecule has 0 aromatic rings. The molecule has 12 heteroatoms. The van der Waals surface area contributed by atoms with Crippen LogP contribution < -0.4 is 0 Å². The Morgan fingerprint density at radius 1 is 1.11 bits per heavy atom. The number of aliphatic hydroxyl groups excluding tert-OH is 1. The van der Waals surface area contributed by atoms with Gasteiger partial charge in [-0.3, -0.25) is 0 Å². The van der Waals surface area contributed by atoms with Crippen molar-refractivity contribution in [2.75, 3.05) is 13.7 Å². The van der Waals surface area contributed by atoms with Gasteiger partial charge in [-0.05, 0) is 33.1 Å². The molecule has 170 valence electrons. The van der Waals surface area contributed by atoms with Crippen LogP contribution in [0.2, 0.25) is 0 Å². The number of hydrogen-bond acceptors (Lipinski definition) is 8. The number of aliphatic hydroxyl groups is 2. The van der Waals surface area contributed by atoms with Crippen molar-refractivity contribution in [3.8, 4) is 0 Å². The Labute approximate surface area is 164 Å². The lowest BCUT2D eigenvalue weighted by molar-refractivity contribution is -0.176. The van der Waals surface area contributed by atoms with Crippen LogP contribution in [0.5, 0.6) is 0 Å². The van der Waals surface area contributed by atoms with Crippen LogP contribution in [-0.2, 0) is 28.6 Å². The average molecular weight is 440 g/mol. The monoisotopic (exact) mass is 440 g/mol. The van der Waals surface area contributed by atoms with Gasteiger partial charge < -0.3 is 19.7 Å². The molecule has 0 fully saturated rings. The number of methoxy groups -OCH3 is 1. The fourth-order valence-corrected chi connectivity index (χ4v) is 2.22. The molecule has 2 unspecified atom stereocenters. The van der Waals surface area contributed by atoms with Gasteiger partial charge in [0.05, 0.1) is 13.2 Å². The van der Waals surface area contributed by atoms with Crippen molar-refractivity contribution in [1.29, 1.82) is 0 Å². The lowest BCUT2D eigenvalue weighted by atomic mass is 10.1. The third kappa shape index (κ3) is 14.1. The molecule has 0 aromatic heterocycles. The van der Waals surface area contributed by atoms with E-state index in [1.165, 1.54) is 12.8 Å². The Kier molecular flexibility index (Phi) is 13.1. The Balaban J connectivity index is 0. The van der Waals surface area contributed by atoms with Crippen LogP contribution >= 0.6 is 0 Å². The largest absolute Gasteiger partial charge is 0.523 e. The first-order valence-corrected chi connectivity index (χ1v) is 9.97. The van der Waals surface area contributed by atoms with E-state index in [-0.39, 0.29) is 0 Å². The number of hydrogen-bond donors (Lipinski definition) is 2. The molecule has 0 saturated heterocycles. The SMILES string of the molecule is CC(C)CCCCOC(C)(C)O.COC(=O)C(OS(=O)(=O)C(F)(F)F)C(C)O. The Morgan fingerprint density at radius 2 is 1.61 bits per heavy atom. The van der Waals surface area contributed by atoms with Crippen LogP contribution in [-0.4, -0.2) is 61.8 Å². The molecule has 0 bridgehead atoms. The molecule has 0 rings (SSSR count). The highest BCUT2D eigenvalue weighted by atomic mass is 32.2. The first-order chi connectivity index (χ1) is 12.4. The third-order valence-corrected chi connectivity index (χ3v) is 4.04. The van der Waals surface area contributed by atoms with Gasteiger partial charge in [0.15, 0.2) is 11.9 Å². The number of carbonyl (C=O) groups excluding carboxylic acids is 1. The summed E-state index contributed by atoms with van der Waals surface area (Å²) in [4.78, 5) is 10.8. The summed E-state index contributed by atoms with van der Waals surface area (Å²) < 4.78 is 69.4. The second kappa shape index (κ2) is 12.6. The van der Waals surface area contributed by atoms with E-state index >= 15 is 0 Å². The van der Waals surface area contributed by atoms with Crippen molar-refractivity contribution < 1.29 is 50.3 Å². The van der Waals surface area contributed by atoms with E-state index in [1.807, 2.05) is 0 Å². The maximum atomic E-state index is 11.9.